The molecule has 3 nitrogen and oxygen atoms in total. The van der Waals surface area contributed by atoms with E-state index in [2.05, 4.69) is 17.8 Å². The lowest BCUT2D eigenvalue weighted by molar-refractivity contribution is -0.116. The topological polar surface area (TPSA) is 53.5 Å². The van der Waals surface area contributed by atoms with E-state index in [1.165, 1.54) is 24.0 Å². The molecule has 0 aromatic heterocycles. The first-order valence-corrected chi connectivity index (χ1v) is 5.29. The molecule has 1 aliphatic rings. The van der Waals surface area contributed by atoms with Crippen molar-refractivity contribution >= 4 is 12.0 Å². The van der Waals surface area contributed by atoms with Crippen molar-refractivity contribution in [3.05, 3.63) is 28.8 Å². The monoisotopic (exact) mass is 204 g/mol. The Bertz CT molecular complexity index is 347. The van der Waals surface area contributed by atoms with Gasteiger partial charge in [-0.05, 0) is 38.2 Å². The van der Waals surface area contributed by atoms with E-state index in [1.807, 2.05) is 6.08 Å². The Kier molecular flexibility index (Phi) is 4.72. The minimum absolute atomic E-state index is 0.140. The van der Waals surface area contributed by atoms with Crippen LogP contribution in [0.15, 0.2) is 23.3 Å². The fourth-order valence-corrected chi connectivity index (χ4v) is 1.72. The van der Waals surface area contributed by atoms with Gasteiger partial charge in [0, 0.05) is 6.42 Å². The van der Waals surface area contributed by atoms with Gasteiger partial charge in [0.2, 0.25) is 5.78 Å². The second-order valence-electron chi connectivity index (χ2n) is 3.81. The number of Topliss-reactive ketones (excluding diaryl/α,β-unsaturated/α-hetero) is 1. The lowest BCUT2D eigenvalue weighted by atomic mass is 10.1. The Morgan fingerprint density at radius 3 is 2.93 bits per heavy atom. The largest absolute Gasteiger partial charge is 0.361 e. The third-order valence-electron chi connectivity index (χ3n) is 2.62. The number of carbonyl (C=O) groups is 1. The molecule has 1 rings (SSSR count). The van der Waals surface area contributed by atoms with E-state index in [4.69, 9.17) is 5.53 Å². The first-order chi connectivity index (χ1) is 7.24. The molecule has 0 fully saturated rings. The average molecular weight is 204 g/mol. The zero-order chi connectivity index (χ0) is 11.1. The van der Waals surface area contributed by atoms with Crippen molar-refractivity contribution in [3.63, 3.8) is 0 Å². The second kappa shape index (κ2) is 6.10. The minimum atomic E-state index is -0.140. The van der Waals surface area contributed by atoms with E-state index < -0.39 is 0 Å². The Morgan fingerprint density at radius 2 is 2.33 bits per heavy atom. The van der Waals surface area contributed by atoms with Crippen molar-refractivity contribution in [3.8, 4) is 0 Å². The lowest BCUT2D eigenvalue weighted by Crippen LogP contribution is -1.97. The molecule has 0 atom stereocenters. The van der Waals surface area contributed by atoms with Crippen molar-refractivity contribution in [2.45, 2.75) is 39.0 Å². The summed E-state index contributed by atoms with van der Waals surface area (Å²) in [6, 6.07) is 0. The quantitative estimate of drug-likeness (QED) is 0.386. The number of carbonyl (C=O) groups excluding carboxylic acids is 1. The molecule has 0 bridgehead atoms. The predicted molar refractivity (Wildman–Crippen MR) is 59.6 cm³/mol. The third-order valence-corrected chi connectivity index (χ3v) is 2.62. The number of ketones is 1. The average Bonchev–Trinajstić information content (AvgIpc) is 2.60. The van der Waals surface area contributed by atoms with E-state index in [9.17, 15) is 4.79 Å². The molecule has 0 aromatic carbocycles. The minimum Gasteiger partial charge on any atom is -0.361 e. The van der Waals surface area contributed by atoms with Crippen LogP contribution in [-0.2, 0) is 4.79 Å². The molecule has 3 heteroatoms. The Hall–Kier alpha value is -1.47. The van der Waals surface area contributed by atoms with E-state index in [0.717, 1.165) is 12.6 Å². The molecule has 0 unspecified atom stereocenters. The van der Waals surface area contributed by atoms with Crippen LogP contribution < -0.4 is 0 Å². The SMILES string of the molecule is CC1=C(/C=C/CCC(=O)C=[N+]=[N-])CCC1. The van der Waals surface area contributed by atoms with Gasteiger partial charge in [0.15, 0.2) is 0 Å². The highest BCUT2D eigenvalue weighted by Crippen LogP contribution is 2.26. The first kappa shape index (κ1) is 11.6. The van der Waals surface area contributed by atoms with E-state index in [-0.39, 0.29) is 5.78 Å². The van der Waals surface area contributed by atoms with Crippen molar-refractivity contribution in [1.29, 1.82) is 0 Å². The highest BCUT2D eigenvalue weighted by Gasteiger charge is 2.07. The smallest absolute Gasteiger partial charge is 0.323 e. The molecule has 0 N–H and O–H groups in total. The van der Waals surface area contributed by atoms with E-state index >= 15 is 0 Å². The molecule has 80 valence electrons. The first-order valence-electron chi connectivity index (χ1n) is 5.29. The summed E-state index contributed by atoms with van der Waals surface area (Å²) in [6.07, 6.45) is 9.83. The Labute approximate surface area is 90.1 Å². The van der Waals surface area contributed by atoms with Gasteiger partial charge in [-0.3, -0.25) is 4.79 Å². The predicted octanol–water partition coefficient (Wildman–Crippen LogP) is 2.69. The van der Waals surface area contributed by atoms with Crippen LogP contribution >= 0.6 is 0 Å². The van der Waals surface area contributed by atoms with Gasteiger partial charge in [-0.1, -0.05) is 17.7 Å². The van der Waals surface area contributed by atoms with Gasteiger partial charge in [-0.25, -0.2) is 0 Å². The standard InChI is InChI=1S/C12H16N2O/c1-10-5-4-7-11(10)6-2-3-8-12(15)9-14-13/h2,6,9H,3-5,7-8H2,1H3/b6-2+. The van der Waals surface area contributed by atoms with Crippen LogP contribution in [0.5, 0.6) is 0 Å². The zero-order valence-electron chi connectivity index (χ0n) is 9.07. The molecule has 0 heterocycles. The third kappa shape index (κ3) is 4.05. The maximum absolute atomic E-state index is 10.9. The normalized spacial score (nSPS) is 15.8. The van der Waals surface area contributed by atoms with Gasteiger partial charge in [-0.2, -0.15) is 4.79 Å². The summed E-state index contributed by atoms with van der Waals surface area (Å²) in [7, 11) is 0. The van der Waals surface area contributed by atoms with Crippen LogP contribution in [0, 0.1) is 0 Å². The Morgan fingerprint density at radius 1 is 1.53 bits per heavy atom. The summed E-state index contributed by atoms with van der Waals surface area (Å²) in [5.41, 5.74) is 11.0. The maximum Gasteiger partial charge on any atom is 0.323 e. The van der Waals surface area contributed by atoms with Gasteiger partial charge in [0.25, 0.3) is 0 Å². The molecule has 0 radical (unpaired) electrons. The van der Waals surface area contributed by atoms with Crippen LogP contribution in [0.2, 0.25) is 0 Å². The molecule has 1 aliphatic carbocycles. The second-order valence-corrected chi connectivity index (χ2v) is 3.81. The van der Waals surface area contributed by atoms with Crippen LogP contribution in [0.1, 0.15) is 39.0 Å². The van der Waals surface area contributed by atoms with E-state index in [0.29, 0.717) is 12.8 Å². The van der Waals surface area contributed by atoms with Crippen LogP contribution in [0.4, 0.5) is 0 Å². The summed E-state index contributed by atoms with van der Waals surface area (Å²) < 4.78 is 0. The molecule has 0 amide bonds. The van der Waals surface area contributed by atoms with Crippen molar-refractivity contribution in [2.24, 2.45) is 0 Å². The molecule has 0 saturated carbocycles. The fraction of sp³-hybridized carbons (Fsp3) is 0.500. The lowest BCUT2D eigenvalue weighted by Gasteiger charge is -1.94. The van der Waals surface area contributed by atoms with Crippen LogP contribution in [0.25, 0.3) is 5.53 Å². The van der Waals surface area contributed by atoms with Crippen LogP contribution in [-0.4, -0.2) is 16.8 Å². The number of allylic oxidation sites excluding steroid dienone is 4. The molecular formula is C12H16N2O. The maximum atomic E-state index is 10.9. The summed E-state index contributed by atoms with van der Waals surface area (Å²) in [5, 5.41) is 0. The van der Waals surface area contributed by atoms with Gasteiger partial charge in [0.1, 0.15) is 0 Å². The highest BCUT2D eigenvalue weighted by atomic mass is 16.1. The van der Waals surface area contributed by atoms with Crippen LogP contribution in [0.3, 0.4) is 0 Å². The zero-order valence-corrected chi connectivity index (χ0v) is 9.07. The van der Waals surface area contributed by atoms with E-state index in [1.54, 1.807) is 0 Å². The number of hydrogen-bond donors (Lipinski definition) is 0. The van der Waals surface area contributed by atoms with Gasteiger partial charge in [-0.15, -0.1) is 0 Å². The highest BCUT2D eigenvalue weighted by molar-refractivity contribution is 6.25. The molecule has 0 aromatic rings. The van der Waals surface area contributed by atoms with Gasteiger partial charge >= 0.3 is 6.21 Å². The van der Waals surface area contributed by atoms with Gasteiger partial charge in [0.05, 0.1) is 0 Å². The summed E-state index contributed by atoms with van der Waals surface area (Å²) in [6.45, 7) is 2.16. The molecule has 0 spiro atoms. The van der Waals surface area contributed by atoms with Crippen molar-refractivity contribution in [1.82, 2.24) is 0 Å². The number of hydrogen-bond acceptors (Lipinski definition) is 1. The number of rotatable bonds is 5. The summed E-state index contributed by atoms with van der Waals surface area (Å²) >= 11 is 0. The fourth-order valence-electron chi connectivity index (χ4n) is 1.72. The number of nitrogens with zero attached hydrogens (tertiary/aromatic N) is 2. The van der Waals surface area contributed by atoms with Crippen molar-refractivity contribution in [2.75, 3.05) is 0 Å². The summed E-state index contributed by atoms with van der Waals surface area (Å²) in [5.74, 6) is -0.140. The van der Waals surface area contributed by atoms with Crippen molar-refractivity contribution < 1.29 is 9.58 Å². The van der Waals surface area contributed by atoms with Gasteiger partial charge < -0.3 is 5.53 Å². The summed E-state index contributed by atoms with van der Waals surface area (Å²) in [4.78, 5) is 13.6. The molecule has 0 aliphatic heterocycles. The Balaban J connectivity index is 2.31. The molecular weight excluding hydrogens is 188 g/mol. The molecule has 0 saturated heterocycles. The molecule has 15 heavy (non-hydrogen) atoms.